The standard InChI is InChI=1S/C17H16BrNO2/c1-2-21-16-5-3-4-15(12-16)19-11-10-17(20)13-6-8-14(18)9-7-13/h3-12,19H,2H2,1H3/b11-10+. The van der Waals surface area contributed by atoms with E-state index in [0.717, 1.165) is 15.9 Å². The van der Waals surface area contributed by atoms with Crippen molar-refractivity contribution in [2.24, 2.45) is 0 Å². The Morgan fingerprint density at radius 2 is 2.00 bits per heavy atom. The van der Waals surface area contributed by atoms with Gasteiger partial charge in [-0.2, -0.15) is 0 Å². The van der Waals surface area contributed by atoms with Crippen LogP contribution in [0.25, 0.3) is 0 Å². The summed E-state index contributed by atoms with van der Waals surface area (Å²) in [5, 5.41) is 3.06. The fourth-order valence-electron chi connectivity index (χ4n) is 1.77. The monoisotopic (exact) mass is 345 g/mol. The molecule has 0 aliphatic rings. The molecule has 0 radical (unpaired) electrons. The van der Waals surface area contributed by atoms with Gasteiger partial charge in [-0.1, -0.05) is 22.0 Å². The predicted molar refractivity (Wildman–Crippen MR) is 88.8 cm³/mol. The van der Waals surface area contributed by atoms with E-state index >= 15 is 0 Å². The first-order chi connectivity index (χ1) is 10.2. The summed E-state index contributed by atoms with van der Waals surface area (Å²) < 4.78 is 6.37. The van der Waals surface area contributed by atoms with E-state index in [9.17, 15) is 4.79 Å². The lowest BCUT2D eigenvalue weighted by atomic mass is 10.1. The van der Waals surface area contributed by atoms with E-state index in [4.69, 9.17) is 4.74 Å². The highest BCUT2D eigenvalue weighted by Crippen LogP contribution is 2.17. The number of allylic oxidation sites excluding steroid dienone is 1. The van der Waals surface area contributed by atoms with E-state index in [1.54, 1.807) is 18.3 Å². The Bertz CT molecular complexity index is 635. The van der Waals surface area contributed by atoms with E-state index in [0.29, 0.717) is 12.2 Å². The van der Waals surface area contributed by atoms with E-state index in [-0.39, 0.29) is 5.78 Å². The summed E-state index contributed by atoms with van der Waals surface area (Å²) in [6.07, 6.45) is 3.14. The molecule has 1 N–H and O–H groups in total. The first-order valence-corrected chi connectivity index (χ1v) is 7.44. The Morgan fingerprint density at radius 1 is 1.24 bits per heavy atom. The van der Waals surface area contributed by atoms with Crippen LogP contribution in [0.5, 0.6) is 5.75 Å². The minimum Gasteiger partial charge on any atom is -0.494 e. The molecule has 0 aromatic heterocycles. The Morgan fingerprint density at radius 3 is 2.71 bits per heavy atom. The van der Waals surface area contributed by atoms with Crippen molar-refractivity contribution in [3.8, 4) is 5.75 Å². The van der Waals surface area contributed by atoms with E-state index < -0.39 is 0 Å². The maximum absolute atomic E-state index is 11.9. The van der Waals surface area contributed by atoms with Crippen LogP contribution in [0.1, 0.15) is 17.3 Å². The summed E-state index contributed by atoms with van der Waals surface area (Å²) in [4.78, 5) is 11.9. The Kier molecular flexibility index (Phi) is 5.58. The minimum atomic E-state index is -0.0454. The number of carbonyl (C=O) groups is 1. The number of hydrogen-bond donors (Lipinski definition) is 1. The molecule has 3 nitrogen and oxygen atoms in total. The number of anilines is 1. The number of rotatable bonds is 6. The number of benzene rings is 2. The lowest BCUT2D eigenvalue weighted by molar-refractivity contribution is 0.104. The molecule has 0 spiro atoms. The summed E-state index contributed by atoms with van der Waals surface area (Å²) in [5.41, 5.74) is 1.53. The SMILES string of the molecule is CCOc1cccc(N/C=C/C(=O)c2ccc(Br)cc2)c1. The van der Waals surface area contributed by atoms with Gasteiger partial charge in [-0.25, -0.2) is 0 Å². The van der Waals surface area contributed by atoms with Crippen LogP contribution >= 0.6 is 15.9 Å². The zero-order valence-corrected chi connectivity index (χ0v) is 13.3. The summed E-state index contributed by atoms with van der Waals surface area (Å²) in [6.45, 7) is 2.57. The van der Waals surface area contributed by atoms with Gasteiger partial charge in [-0.3, -0.25) is 4.79 Å². The molecule has 0 saturated heterocycles. The molecule has 0 fully saturated rings. The number of hydrogen-bond acceptors (Lipinski definition) is 3. The number of ether oxygens (including phenoxy) is 1. The van der Waals surface area contributed by atoms with Crippen LogP contribution < -0.4 is 10.1 Å². The molecular weight excluding hydrogens is 330 g/mol. The average molecular weight is 346 g/mol. The number of halogens is 1. The van der Waals surface area contributed by atoms with Crippen molar-refractivity contribution in [2.75, 3.05) is 11.9 Å². The largest absolute Gasteiger partial charge is 0.494 e. The molecule has 0 amide bonds. The molecule has 21 heavy (non-hydrogen) atoms. The summed E-state index contributed by atoms with van der Waals surface area (Å²) in [6, 6.07) is 14.9. The van der Waals surface area contributed by atoms with Crippen LogP contribution in [0.3, 0.4) is 0 Å². The third-order valence-electron chi connectivity index (χ3n) is 2.76. The number of carbonyl (C=O) groups excluding carboxylic acids is 1. The maximum Gasteiger partial charge on any atom is 0.187 e. The molecule has 108 valence electrons. The zero-order valence-electron chi connectivity index (χ0n) is 11.7. The second-order valence-corrected chi connectivity index (χ2v) is 5.23. The quantitative estimate of drug-likeness (QED) is 0.611. The van der Waals surface area contributed by atoms with Crippen molar-refractivity contribution >= 4 is 27.4 Å². The highest BCUT2D eigenvalue weighted by atomic mass is 79.9. The molecule has 0 saturated carbocycles. The van der Waals surface area contributed by atoms with Crippen molar-refractivity contribution < 1.29 is 9.53 Å². The molecule has 0 heterocycles. The smallest absolute Gasteiger partial charge is 0.187 e. The average Bonchev–Trinajstić information content (AvgIpc) is 2.48. The van der Waals surface area contributed by atoms with Crippen LogP contribution in [0.15, 0.2) is 65.3 Å². The van der Waals surface area contributed by atoms with Crippen LogP contribution in [-0.4, -0.2) is 12.4 Å². The second kappa shape index (κ2) is 7.64. The van der Waals surface area contributed by atoms with E-state index in [1.807, 2.05) is 43.3 Å². The van der Waals surface area contributed by atoms with Gasteiger partial charge in [0.2, 0.25) is 0 Å². The van der Waals surface area contributed by atoms with Gasteiger partial charge in [-0.15, -0.1) is 0 Å². The Hall–Kier alpha value is -2.07. The molecule has 2 aromatic rings. The van der Waals surface area contributed by atoms with Gasteiger partial charge in [0.25, 0.3) is 0 Å². The Labute approximate surface area is 132 Å². The van der Waals surface area contributed by atoms with Gasteiger partial charge in [0, 0.05) is 34.1 Å². The van der Waals surface area contributed by atoms with Gasteiger partial charge in [0.05, 0.1) is 6.61 Å². The maximum atomic E-state index is 11.9. The van der Waals surface area contributed by atoms with Crippen LogP contribution in [-0.2, 0) is 0 Å². The fourth-order valence-corrected chi connectivity index (χ4v) is 2.03. The molecule has 0 atom stereocenters. The van der Waals surface area contributed by atoms with Crippen molar-refractivity contribution in [1.82, 2.24) is 0 Å². The lowest BCUT2D eigenvalue weighted by Crippen LogP contribution is -1.96. The topological polar surface area (TPSA) is 38.3 Å². The third-order valence-corrected chi connectivity index (χ3v) is 3.29. The third kappa shape index (κ3) is 4.76. The van der Waals surface area contributed by atoms with Gasteiger partial charge in [0.15, 0.2) is 5.78 Å². The van der Waals surface area contributed by atoms with Crippen molar-refractivity contribution in [3.63, 3.8) is 0 Å². The molecular formula is C17H16BrNO2. The summed E-state index contributed by atoms with van der Waals surface area (Å²) in [7, 11) is 0. The highest BCUT2D eigenvalue weighted by molar-refractivity contribution is 9.10. The first kappa shape index (κ1) is 15.3. The first-order valence-electron chi connectivity index (χ1n) is 6.65. The molecule has 0 unspecified atom stereocenters. The number of ketones is 1. The zero-order chi connectivity index (χ0) is 15.1. The van der Waals surface area contributed by atoms with Gasteiger partial charge in [0.1, 0.15) is 5.75 Å². The van der Waals surface area contributed by atoms with Crippen LogP contribution in [0.4, 0.5) is 5.69 Å². The molecule has 2 aromatic carbocycles. The van der Waals surface area contributed by atoms with Gasteiger partial charge >= 0.3 is 0 Å². The van der Waals surface area contributed by atoms with Crippen LogP contribution in [0.2, 0.25) is 0 Å². The molecule has 4 heteroatoms. The fraction of sp³-hybridized carbons (Fsp3) is 0.118. The normalized spacial score (nSPS) is 10.6. The predicted octanol–water partition coefficient (Wildman–Crippen LogP) is 4.66. The summed E-state index contributed by atoms with van der Waals surface area (Å²) >= 11 is 3.34. The second-order valence-electron chi connectivity index (χ2n) is 4.31. The molecule has 0 bridgehead atoms. The van der Waals surface area contributed by atoms with Crippen LogP contribution in [0, 0.1) is 0 Å². The number of nitrogens with one attached hydrogen (secondary N) is 1. The minimum absolute atomic E-state index is 0.0454. The Balaban J connectivity index is 1.97. The highest BCUT2D eigenvalue weighted by Gasteiger charge is 2.00. The molecule has 0 aliphatic heterocycles. The van der Waals surface area contributed by atoms with E-state index in [2.05, 4.69) is 21.2 Å². The van der Waals surface area contributed by atoms with Crippen molar-refractivity contribution in [1.29, 1.82) is 0 Å². The summed E-state index contributed by atoms with van der Waals surface area (Å²) in [5.74, 6) is 0.756. The van der Waals surface area contributed by atoms with Crippen molar-refractivity contribution in [2.45, 2.75) is 6.92 Å². The van der Waals surface area contributed by atoms with Gasteiger partial charge < -0.3 is 10.1 Å². The lowest BCUT2D eigenvalue weighted by Gasteiger charge is -2.05. The molecule has 0 aliphatic carbocycles. The van der Waals surface area contributed by atoms with E-state index in [1.165, 1.54) is 6.08 Å². The molecule has 2 rings (SSSR count). The van der Waals surface area contributed by atoms with Gasteiger partial charge in [-0.05, 0) is 43.3 Å². The van der Waals surface area contributed by atoms with Crippen molar-refractivity contribution in [3.05, 3.63) is 70.8 Å².